The van der Waals surface area contributed by atoms with Gasteiger partial charge in [0.05, 0.1) is 5.57 Å². The number of para-hydroxylation sites is 1. The van der Waals surface area contributed by atoms with E-state index in [0.717, 1.165) is 39.3 Å². The van der Waals surface area contributed by atoms with Crippen LogP contribution in [0.3, 0.4) is 0 Å². The standard InChI is InChI=1S/C33H30ClN7O2/c1-16-9-5-8-12-23(16)37-32-39-31(34)40-33(41-32)38-28-18(3)15-17(2)27(19(28)4)36-24-14-13-22(35)25-26(24)30(43)21-11-7-6-10-20(21)29(25)42/h5-12,14-15,22,36H,13,35H2,1-4H3,(H2,37,38,39,40,41). The second kappa shape index (κ2) is 11.1. The van der Waals surface area contributed by atoms with E-state index in [2.05, 4.69) is 30.9 Å². The number of aromatic nitrogens is 3. The highest BCUT2D eigenvalue weighted by Gasteiger charge is 2.38. The van der Waals surface area contributed by atoms with E-state index in [0.29, 0.717) is 40.3 Å². The SMILES string of the molecule is Cc1ccccc1Nc1nc(Cl)nc(Nc2c(C)cc(C)c(NC3=CCC(N)C4=C3C(=O)c3ccccc3C4=O)c2C)n1. The van der Waals surface area contributed by atoms with Crippen LogP contribution in [-0.2, 0) is 0 Å². The lowest BCUT2D eigenvalue weighted by molar-refractivity contribution is 0.0970. The van der Waals surface area contributed by atoms with E-state index in [1.165, 1.54) is 0 Å². The number of fused-ring (bicyclic) bond motifs is 1. The van der Waals surface area contributed by atoms with Gasteiger partial charge in [0.2, 0.25) is 17.2 Å². The predicted molar refractivity (Wildman–Crippen MR) is 170 cm³/mol. The average Bonchev–Trinajstić information content (AvgIpc) is 2.97. The molecular weight excluding hydrogens is 562 g/mol. The number of Topliss-reactive ketones (excluding diaryl/α,β-unsaturated/α-hetero) is 2. The first kappa shape index (κ1) is 28.3. The summed E-state index contributed by atoms with van der Waals surface area (Å²) in [7, 11) is 0. The van der Waals surface area contributed by atoms with Crippen LogP contribution in [0.5, 0.6) is 0 Å². The lowest BCUT2D eigenvalue weighted by Gasteiger charge is -2.30. The third kappa shape index (κ3) is 5.17. The summed E-state index contributed by atoms with van der Waals surface area (Å²) in [5.74, 6) is 0.163. The van der Waals surface area contributed by atoms with Crippen LogP contribution in [0.1, 0.15) is 49.4 Å². The highest BCUT2D eigenvalue weighted by molar-refractivity contribution is 6.29. The molecule has 0 radical (unpaired) electrons. The predicted octanol–water partition coefficient (Wildman–Crippen LogP) is 6.65. The molecule has 1 aromatic heterocycles. The van der Waals surface area contributed by atoms with Crippen molar-refractivity contribution in [1.82, 2.24) is 15.0 Å². The lowest BCUT2D eigenvalue weighted by atomic mass is 9.76. The number of hydrogen-bond donors (Lipinski definition) is 4. The first-order chi connectivity index (χ1) is 20.6. The van der Waals surface area contributed by atoms with Crippen LogP contribution in [-0.4, -0.2) is 32.6 Å². The molecule has 0 amide bonds. The third-order valence-electron chi connectivity index (χ3n) is 7.84. The van der Waals surface area contributed by atoms with Crippen molar-refractivity contribution in [3.63, 3.8) is 0 Å². The Labute approximate surface area is 254 Å². The molecule has 0 spiro atoms. The Morgan fingerprint density at radius 2 is 1.37 bits per heavy atom. The number of allylic oxidation sites excluding steroid dienone is 1. The molecule has 0 aliphatic heterocycles. The van der Waals surface area contributed by atoms with Crippen molar-refractivity contribution >= 4 is 52.1 Å². The Bertz CT molecular complexity index is 1900. The lowest BCUT2D eigenvalue weighted by Crippen LogP contribution is -2.37. The first-order valence-corrected chi connectivity index (χ1v) is 14.3. The number of nitrogens with zero attached hydrogens (tertiary/aromatic N) is 3. The van der Waals surface area contributed by atoms with E-state index in [1.54, 1.807) is 24.3 Å². The summed E-state index contributed by atoms with van der Waals surface area (Å²) < 4.78 is 0. The minimum absolute atomic E-state index is 0.0401. The summed E-state index contributed by atoms with van der Waals surface area (Å²) in [6, 6.07) is 16.2. The van der Waals surface area contributed by atoms with Gasteiger partial charge in [0.1, 0.15) is 0 Å². The molecular formula is C33H30ClN7O2. The van der Waals surface area contributed by atoms with Crippen molar-refractivity contribution in [1.29, 1.82) is 0 Å². The summed E-state index contributed by atoms with van der Waals surface area (Å²) in [4.78, 5) is 40.2. The summed E-state index contributed by atoms with van der Waals surface area (Å²) in [5.41, 5.74) is 14.7. The van der Waals surface area contributed by atoms with Gasteiger partial charge in [0, 0.05) is 45.5 Å². The average molecular weight is 592 g/mol. The molecule has 2 aliphatic rings. The molecule has 4 aromatic rings. The number of benzene rings is 3. The van der Waals surface area contributed by atoms with Crippen LogP contribution in [0.15, 0.2) is 77.5 Å². The van der Waals surface area contributed by atoms with E-state index in [1.807, 2.05) is 64.1 Å². The number of rotatable bonds is 6. The molecule has 3 aromatic carbocycles. The molecule has 2 aliphatic carbocycles. The normalized spacial score (nSPS) is 16.0. The molecule has 0 saturated carbocycles. The fraction of sp³-hybridized carbons (Fsp3) is 0.182. The molecule has 0 fully saturated rings. The molecule has 43 heavy (non-hydrogen) atoms. The number of hydrogen-bond acceptors (Lipinski definition) is 9. The van der Waals surface area contributed by atoms with Crippen LogP contribution in [0.2, 0.25) is 5.28 Å². The molecule has 1 atom stereocenters. The summed E-state index contributed by atoms with van der Waals surface area (Å²) >= 11 is 6.29. The van der Waals surface area contributed by atoms with Crippen molar-refractivity contribution in [3.05, 3.63) is 116 Å². The van der Waals surface area contributed by atoms with Crippen LogP contribution < -0.4 is 21.7 Å². The van der Waals surface area contributed by atoms with Gasteiger partial charge >= 0.3 is 0 Å². The van der Waals surface area contributed by atoms with E-state index < -0.39 is 6.04 Å². The minimum Gasteiger partial charge on any atom is -0.355 e. The van der Waals surface area contributed by atoms with Gasteiger partial charge in [0.25, 0.3) is 0 Å². The summed E-state index contributed by atoms with van der Waals surface area (Å²) in [6.45, 7) is 7.93. The van der Waals surface area contributed by atoms with Gasteiger partial charge in [-0.3, -0.25) is 9.59 Å². The number of halogens is 1. The van der Waals surface area contributed by atoms with Crippen LogP contribution in [0.25, 0.3) is 0 Å². The van der Waals surface area contributed by atoms with Gasteiger partial charge in [-0.05, 0) is 74.0 Å². The number of nitrogens with two attached hydrogens (primary N) is 1. The molecule has 1 heterocycles. The Hall–Kier alpha value is -4.86. The number of aryl methyl sites for hydroxylation is 3. The van der Waals surface area contributed by atoms with Gasteiger partial charge in [-0.15, -0.1) is 0 Å². The van der Waals surface area contributed by atoms with Crippen molar-refractivity contribution in [2.75, 3.05) is 16.0 Å². The van der Waals surface area contributed by atoms with Crippen molar-refractivity contribution in [2.45, 2.75) is 40.2 Å². The molecule has 10 heteroatoms. The maximum Gasteiger partial charge on any atom is 0.233 e. The van der Waals surface area contributed by atoms with Gasteiger partial charge in [-0.1, -0.05) is 54.6 Å². The zero-order valence-corrected chi connectivity index (χ0v) is 24.9. The molecule has 6 rings (SSSR count). The van der Waals surface area contributed by atoms with Gasteiger partial charge in [0.15, 0.2) is 11.6 Å². The van der Waals surface area contributed by atoms with Crippen LogP contribution in [0, 0.1) is 27.7 Å². The molecule has 0 saturated heterocycles. The summed E-state index contributed by atoms with van der Waals surface area (Å²) in [6.07, 6.45) is 2.32. The van der Waals surface area contributed by atoms with E-state index in [9.17, 15) is 9.59 Å². The molecule has 9 nitrogen and oxygen atoms in total. The molecule has 0 bridgehead atoms. The van der Waals surface area contributed by atoms with E-state index >= 15 is 0 Å². The smallest absolute Gasteiger partial charge is 0.233 e. The van der Waals surface area contributed by atoms with E-state index in [-0.39, 0.29) is 22.8 Å². The first-order valence-electron chi connectivity index (χ1n) is 13.9. The number of carbonyl (C=O) groups is 2. The maximum absolute atomic E-state index is 13.7. The Kier molecular flexibility index (Phi) is 7.29. The van der Waals surface area contributed by atoms with Gasteiger partial charge in [-0.2, -0.15) is 15.0 Å². The van der Waals surface area contributed by atoms with Gasteiger partial charge in [-0.25, -0.2) is 0 Å². The maximum atomic E-state index is 13.7. The van der Waals surface area contributed by atoms with Crippen molar-refractivity contribution in [3.8, 4) is 0 Å². The fourth-order valence-electron chi connectivity index (χ4n) is 5.71. The van der Waals surface area contributed by atoms with Crippen molar-refractivity contribution < 1.29 is 9.59 Å². The topological polar surface area (TPSA) is 135 Å². The summed E-state index contributed by atoms with van der Waals surface area (Å²) in [5, 5.41) is 10.0. The fourth-order valence-corrected chi connectivity index (χ4v) is 5.87. The molecule has 216 valence electrons. The number of ketones is 2. The number of nitrogens with one attached hydrogen (secondary N) is 3. The minimum atomic E-state index is -0.557. The van der Waals surface area contributed by atoms with Crippen LogP contribution >= 0.6 is 11.6 Å². The number of carbonyl (C=O) groups excluding carboxylic acids is 2. The zero-order chi connectivity index (χ0) is 30.4. The third-order valence-corrected chi connectivity index (χ3v) is 8.01. The highest BCUT2D eigenvalue weighted by Crippen LogP contribution is 2.39. The van der Waals surface area contributed by atoms with E-state index in [4.69, 9.17) is 17.3 Å². The monoisotopic (exact) mass is 591 g/mol. The Morgan fingerprint density at radius 1 is 0.767 bits per heavy atom. The Morgan fingerprint density at radius 3 is 2.07 bits per heavy atom. The number of anilines is 5. The quantitative estimate of drug-likeness (QED) is 0.194. The molecule has 1 unspecified atom stereocenters. The second-order valence-corrected chi connectivity index (χ2v) is 11.1. The largest absolute Gasteiger partial charge is 0.355 e. The molecule has 5 N–H and O–H groups in total. The van der Waals surface area contributed by atoms with Gasteiger partial charge < -0.3 is 21.7 Å². The van der Waals surface area contributed by atoms with Crippen molar-refractivity contribution in [2.24, 2.45) is 5.73 Å². The van der Waals surface area contributed by atoms with Crippen LogP contribution in [0.4, 0.5) is 29.0 Å². The zero-order valence-electron chi connectivity index (χ0n) is 24.2. The highest BCUT2D eigenvalue weighted by atomic mass is 35.5. The second-order valence-electron chi connectivity index (χ2n) is 10.8. The Balaban J connectivity index is 1.34.